The number of allylic oxidation sites excluding steroid dienone is 6. The highest BCUT2D eigenvalue weighted by molar-refractivity contribution is 6.39. The zero-order valence-corrected chi connectivity index (χ0v) is 44.8. The number of Topliss-reactive ketones (excluding diaryl/α,β-unsaturated/α-hetero) is 3. The molecule has 2 saturated heterocycles. The van der Waals surface area contributed by atoms with Gasteiger partial charge in [-0.2, -0.15) is 0 Å². The molecule has 4 N–H and O–H groups in total. The minimum atomic E-state index is -2.47. The first-order valence-electron chi connectivity index (χ1n) is 26.2. The predicted octanol–water partition coefficient (Wildman–Crippen LogP) is 5.69. The fourth-order valence-corrected chi connectivity index (χ4v) is 10.6. The average Bonchev–Trinajstić information content (AvgIpc) is 3.37. The van der Waals surface area contributed by atoms with E-state index in [0.29, 0.717) is 63.4 Å². The van der Waals surface area contributed by atoms with Crippen LogP contribution in [-0.2, 0) is 57.1 Å². The Morgan fingerprint density at radius 2 is 1.60 bits per heavy atom. The highest BCUT2D eigenvalue weighted by Crippen LogP contribution is 2.38. The molecular formula is C55H85NO17. The van der Waals surface area contributed by atoms with Crippen molar-refractivity contribution in [3.63, 3.8) is 0 Å². The maximum atomic E-state index is 14.5. The van der Waals surface area contributed by atoms with Gasteiger partial charge in [0.05, 0.1) is 24.9 Å². The van der Waals surface area contributed by atoms with Gasteiger partial charge in [-0.05, 0) is 107 Å². The van der Waals surface area contributed by atoms with E-state index in [9.17, 15) is 44.1 Å². The number of methoxy groups -OCH3 is 3. The lowest BCUT2D eigenvalue weighted by atomic mass is 9.78. The van der Waals surface area contributed by atoms with Gasteiger partial charge in [-0.25, -0.2) is 9.59 Å². The van der Waals surface area contributed by atoms with Gasteiger partial charge in [-0.3, -0.25) is 19.2 Å². The Morgan fingerprint density at radius 1 is 0.877 bits per heavy atom. The third kappa shape index (κ3) is 17.2. The quantitative estimate of drug-likeness (QED) is 0.116. The largest absolute Gasteiger partial charge is 0.508 e. The van der Waals surface area contributed by atoms with Crippen LogP contribution >= 0.6 is 0 Å². The highest BCUT2D eigenvalue weighted by Gasteiger charge is 2.53. The molecule has 3 fully saturated rings. The van der Waals surface area contributed by atoms with Crippen molar-refractivity contribution in [1.82, 2.24) is 4.90 Å². The number of esters is 1. The van der Waals surface area contributed by atoms with Gasteiger partial charge in [0, 0.05) is 58.5 Å². The van der Waals surface area contributed by atoms with Crippen LogP contribution in [0.1, 0.15) is 126 Å². The molecule has 4 aliphatic rings. The molecule has 0 aromatic carbocycles. The van der Waals surface area contributed by atoms with Crippen LogP contribution in [-0.4, -0.2) is 162 Å². The SMILES string of the molecule is CO[C@H]1C[C@@H]2CC[C@@H](C)[C@@](O)(O2)C(=O)C(=O)N2CCCC[C@H]2C(=O)O[C@H]([C@H](C)C[C@@H]2CC[C@@H](OC(=O)OCC(O)CO)[C@H](OC)C2)CC(=O)[C@H](C)/C=C(\C)[C@@H](O)[C@@H](OC)C(=O)[C@H](C)C[C@H](C)/C=C/C=C/C=C/1C. The summed E-state index contributed by atoms with van der Waals surface area (Å²) in [6.45, 7) is 11.5. The molecular weight excluding hydrogens is 947 g/mol. The van der Waals surface area contributed by atoms with Crippen molar-refractivity contribution < 1.29 is 82.4 Å². The summed E-state index contributed by atoms with van der Waals surface area (Å²) in [5, 5.41) is 42.2. The van der Waals surface area contributed by atoms with E-state index in [4.69, 9.17) is 38.3 Å². The van der Waals surface area contributed by atoms with Crippen molar-refractivity contribution in [2.75, 3.05) is 41.1 Å². The Labute approximate surface area is 431 Å². The van der Waals surface area contributed by atoms with Crippen molar-refractivity contribution >= 4 is 35.4 Å². The fraction of sp³-hybridized carbons (Fsp3) is 0.745. The summed E-state index contributed by atoms with van der Waals surface area (Å²) in [7, 11) is 4.41. The number of cyclic esters (lactones) is 1. The smallest absolute Gasteiger partial charge is 0.460 e. The second-order valence-electron chi connectivity index (χ2n) is 21.1. The third-order valence-electron chi connectivity index (χ3n) is 15.3. The van der Waals surface area contributed by atoms with E-state index in [0.717, 1.165) is 10.5 Å². The second kappa shape index (κ2) is 29.2. The van der Waals surface area contributed by atoms with Crippen molar-refractivity contribution in [1.29, 1.82) is 0 Å². The number of amides is 1. The number of hydrogen-bond acceptors (Lipinski definition) is 17. The lowest BCUT2D eigenvalue weighted by molar-refractivity contribution is -0.265. The Bertz CT molecular complexity index is 1980. The van der Waals surface area contributed by atoms with Crippen LogP contribution in [0, 0.1) is 35.5 Å². The van der Waals surface area contributed by atoms with Crippen LogP contribution in [0.15, 0.2) is 47.6 Å². The van der Waals surface area contributed by atoms with Gasteiger partial charge in [0.1, 0.15) is 49.0 Å². The number of aliphatic hydroxyl groups excluding tert-OH is 3. The highest BCUT2D eigenvalue weighted by atomic mass is 16.7. The standard InChI is InChI=1S/C55H85NO17/c1-32-16-12-11-13-17-33(2)45(67-8)28-41-21-19-38(7)55(66,73-41)51(62)52(63)56-23-15-14-18-42(56)53(64)71-46(29-43(59)34(3)25-37(6)49(61)50(69-10)48(60)36(5)24-32)35(4)26-39-20-22-44(47(27-39)68-9)72-54(65)70-31-40(58)30-57/h11-13,16-17,25,32,34-36,38-42,44-47,49-50,57-58,61,66H,14-15,18-24,26-31H2,1-10H3/b13-11+,16-12+,33-17+,37-25+/t32-,34-,35-,36-,38-,39+,40?,41+,42+,44-,45+,46+,47-,49-,50+,55-/m1/s1. The van der Waals surface area contributed by atoms with Crippen LogP contribution in [0.3, 0.4) is 0 Å². The van der Waals surface area contributed by atoms with Gasteiger partial charge in [0.15, 0.2) is 5.78 Å². The second-order valence-corrected chi connectivity index (χ2v) is 21.1. The molecule has 1 saturated carbocycles. The van der Waals surface area contributed by atoms with Crippen LogP contribution in [0.2, 0.25) is 0 Å². The molecule has 3 aliphatic heterocycles. The van der Waals surface area contributed by atoms with Crippen molar-refractivity contribution in [2.24, 2.45) is 35.5 Å². The van der Waals surface area contributed by atoms with Crippen molar-refractivity contribution in [3.8, 4) is 0 Å². The molecule has 1 aliphatic carbocycles. The number of ether oxygens (including phenoxy) is 7. The Morgan fingerprint density at radius 3 is 2.27 bits per heavy atom. The van der Waals surface area contributed by atoms with E-state index >= 15 is 0 Å². The Hall–Kier alpha value is -4.14. The summed E-state index contributed by atoms with van der Waals surface area (Å²) in [6.07, 6.45) is 7.39. The molecule has 16 atom stereocenters. The first kappa shape index (κ1) is 61.4. The fourth-order valence-electron chi connectivity index (χ4n) is 10.6. The number of aliphatic hydroxyl groups is 4. The average molecular weight is 1030 g/mol. The van der Waals surface area contributed by atoms with E-state index in [1.165, 1.54) is 14.2 Å². The molecule has 412 valence electrons. The number of piperidine rings is 1. The maximum absolute atomic E-state index is 14.5. The van der Waals surface area contributed by atoms with Crippen molar-refractivity contribution in [3.05, 3.63) is 47.6 Å². The number of carbonyl (C=O) groups excluding carboxylic acids is 6. The molecule has 0 aromatic rings. The van der Waals surface area contributed by atoms with E-state index in [1.54, 1.807) is 40.9 Å². The molecule has 18 heteroatoms. The molecule has 1 amide bonds. The monoisotopic (exact) mass is 1030 g/mol. The Balaban J connectivity index is 1.67. The lowest BCUT2D eigenvalue weighted by Crippen LogP contribution is -2.61. The number of ketones is 3. The third-order valence-corrected chi connectivity index (χ3v) is 15.3. The van der Waals surface area contributed by atoms with E-state index in [-0.39, 0.29) is 49.2 Å². The van der Waals surface area contributed by atoms with Gasteiger partial charge in [0.2, 0.25) is 5.79 Å². The van der Waals surface area contributed by atoms with Crippen LogP contribution in [0.25, 0.3) is 0 Å². The first-order chi connectivity index (χ1) is 34.6. The summed E-state index contributed by atoms with van der Waals surface area (Å²) in [4.78, 5) is 84.8. The summed E-state index contributed by atoms with van der Waals surface area (Å²) < 4.78 is 40.0. The summed E-state index contributed by atoms with van der Waals surface area (Å²) in [5.74, 6) is -8.66. The van der Waals surface area contributed by atoms with Gasteiger partial charge in [-0.1, -0.05) is 71.1 Å². The Kier molecular flexibility index (Phi) is 24.6. The minimum absolute atomic E-state index is 0.00856. The number of carbonyl (C=O) groups is 6. The van der Waals surface area contributed by atoms with Crippen LogP contribution < -0.4 is 0 Å². The lowest BCUT2D eigenvalue weighted by Gasteiger charge is -2.42. The van der Waals surface area contributed by atoms with Crippen LogP contribution in [0.4, 0.5) is 4.79 Å². The van der Waals surface area contributed by atoms with Gasteiger partial charge in [0.25, 0.3) is 11.7 Å². The molecule has 3 heterocycles. The maximum Gasteiger partial charge on any atom is 0.508 e. The number of hydrogen-bond donors (Lipinski definition) is 4. The summed E-state index contributed by atoms with van der Waals surface area (Å²) >= 11 is 0. The zero-order valence-electron chi connectivity index (χ0n) is 44.8. The van der Waals surface area contributed by atoms with Gasteiger partial charge < -0.3 is 58.5 Å². The minimum Gasteiger partial charge on any atom is -0.460 e. The molecule has 0 spiro atoms. The van der Waals surface area contributed by atoms with Gasteiger partial charge in [-0.15, -0.1) is 0 Å². The predicted molar refractivity (Wildman–Crippen MR) is 268 cm³/mol. The molecule has 0 radical (unpaired) electrons. The van der Waals surface area contributed by atoms with Gasteiger partial charge >= 0.3 is 12.1 Å². The molecule has 18 nitrogen and oxygen atoms in total. The number of rotatable bonds is 10. The number of fused-ring (bicyclic) bond motifs is 3. The summed E-state index contributed by atoms with van der Waals surface area (Å²) in [6, 6.07) is -1.20. The van der Waals surface area contributed by atoms with E-state index in [1.807, 2.05) is 51.2 Å². The topological polar surface area (TPSA) is 251 Å². The van der Waals surface area contributed by atoms with Crippen LogP contribution in [0.5, 0.6) is 0 Å². The molecule has 4 rings (SSSR count). The van der Waals surface area contributed by atoms with Crippen molar-refractivity contribution in [2.45, 2.75) is 186 Å². The normalized spacial score (nSPS) is 37.6. The molecule has 73 heavy (non-hydrogen) atoms. The molecule has 0 aromatic heterocycles. The van der Waals surface area contributed by atoms with E-state index < -0.39 is 121 Å². The molecule has 2 bridgehead atoms. The first-order valence-corrected chi connectivity index (χ1v) is 26.2. The summed E-state index contributed by atoms with van der Waals surface area (Å²) in [5.41, 5.74) is 1.21. The number of nitrogens with zero attached hydrogens (tertiary/aromatic N) is 1. The zero-order chi connectivity index (χ0) is 54.2. The van der Waals surface area contributed by atoms with E-state index in [2.05, 4.69) is 0 Å². The molecule has 1 unspecified atom stereocenters.